The largest absolute Gasteiger partial charge is 0.404 e. The highest BCUT2D eigenvalue weighted by Gasteiger charge is 2.36. The Balaban J connectivity index is 1.91. The highest BCUT2D eigenvalue weighted by Crippen LogP contribution is 2.34. The van der Waals surface area contributed by atoms with Gasteiger partial charge in [-0.05, 0) is 38.7 Å². The van der Waals surface area contributed by atoms with Crippen LogP contribution in [0.4, 0.5) is 5.82 Å². The molecule has 3 N–H and O–H groups in total. The normalized spacial score (nSPS) is 21.7. The zero-order valence-corrected chi connectivity index (χ0v) is 17.0. The highest BCUT2D eigenvalue weighted by molar-refractivity contribution is 6.08. The van der Waals surface area contributed by atoms with Crippen LogP contribution in [-0.2, 0) is 0 Å². The number of nitrogens with one attached hydrogen (secondary N) is 1. The minimum atomic E-state index is 0.119. The van der Waals surface area contributed by atoms with Gasteiger partial charge < -0.3 is 16.0 Å². The van der Waals surface area contributed by atoms with E-state index < -0.39 is 0 Å². The molecule has 0 bridgehead atoms. The third-order valence-corrected chi connectivity index (χ3v) is 5.02. The fourth-order valence-electron chi connectivity index (χ4n) is 3.44. The Bertz CT molecular complexity index is 859. The van der Waals surface area contributed by atoms with E-state index in [1.807, 2.05) is 16.8 Å². The molecule has 0 aromatic carbocycles. The summed E-state index contributed by atoms with van der Waals surface area (Å²) < 4.78 is 1.87. The lowest BCUT2D eigenvalue weighted by atomic mass is 9.89. The summed E-state index contributed by atoms with van der Waals surface area (Å²) in [5.41, 5.74) is 8.69. The average Bonchev–Trinajstić information content (AvgIpc) is 3.23. The third kappa shape index (κ3) is 4.30. The van der Waals surface area contributed by atoms with E-state index in [1.165, 1.54) is 6.20 Å². The average molecular weight is 370 g/mol. The molecule has 0 saturated carbocycles. The summed E-state index contributed by atoms with van der Waals surface area (Å²) >= 11 is 0. The van der Waals surface area contributed by atoms with Crippen LogP contribution in [0, 0.1) is 5.41 Å². The van der Waals surface area contributed by atoms with E-state index in [-0.39, 0.29) is 11.0 Å². The molecule has 2 aromatic rings. The van der Waals surface area contributed by atoms with Crippen LogP contribution in [0.2, 0.25) is 0 Å². The number of fused-ring (bicyclic) bond motifs is 1. The number of rotatable bonds is 5. The third-order valence-electron chi connectivity index (χ3n) is 5.02. The smallest absolute Gasteiger partial charge is 0.155 e. The molecule has 3 rings (SSSR count). The molecule has 1 aliphatic heterocycles. The zero-order chi connectivity index (χ0) is 19.7. The standard InChI is InChI=1S/C20H31N7/c1-19(2,3)23-13-20(4)7-9-26(14-20)18-17-6-8-24-27(17)12-16(25-18)15(10-21)11-22-5/h6,8,10-12,23H,7,9,13-14,21H2,1-5H3. The number of hydrogen-bond acceptors (Lipinski definition) is 6. The number of hydrogen-bond donors (Lipinski definition) is 2. The van der Waals surface area contributed by atoms with E-state index in [1.54, 1.807) is 19.5 Å². The highest BCUT2D eigenvalue weighted by atomic mass is 15.3. The van der Waals surface area contributed by atoms with Gasteiger partial charge in [-0.25, -0.2) is 9.50 Å². The number of aliphatic imine (C=N–C) groups is 1. The lowest BCUT2D eigenvalue weighted by molar-refractivity contribution is 0.292. The van der Waals surface area contributed by atoms with Crippen molar-refractivity contribution in [3.05, 3.63) is 30.4 Å². The topological polar surface area (TPSA) is 83.8 Å². The van der Waals surface area contributed by atoms with E-state index in [0.29, 0.717) is 0 Å². The van der Waals surface area contributed by atoms with Crippen LogP contribution < -0.4 is 16.0 Å². The quantitative estimate of drug-likeness (QED) is 0.791. The maximum atomic E-state index is 5.79. The van der Waals surface area contributed by atoms with Crippen molar-refractivity contribution in [2.45, 2.75) is 39.7 Å². The fourth-order valence-corrected chi connectivity index (χ4v) is 3.44. The number of aromatic nitrogens is 3. The molecular weight excluding hydrogens is 338 g/mol. The van der Waals surface area contributed by atoms with Crippen LogP contribution in [0.3, 0.4) is 0 Å². The summed E-state index contributed by atoms with van der Waals surface area (Å²) in [7, 11) is 1.73. The minimum Gasteiger partial charge on any atom is -0.404 e. The van der Waals surface area contributed by atoms with Gasteiger partial charge in [-0.3, -0.25) is 4.99 Å². The summed E-state index contributed by atoms with van der Waals surface area (Å²) in [5, 5.41) is 8.07. The SMILES string of the molecule is CN=CC(=CN)c1cn2nccc2c(N2CCC(C)(CNC(C)(C)C)C2)n1. The van der Waals surface area contributed by atoms with Crippen LogP contribution in [-0.4, -0.2) is 53.0 Å². The molecule has 0 aliphatic carbocycles. The van der Waals surface area contributed by atoms with Gasteiger partial charge in [0, 0.05) is 50.2 Å². The first-order chi connectivity index (χ1) is 12.7. The maximum Gasteiger partial charge on any atom is 0.155 e. The Morgan fingerprint density at radius 1 is 1.44 bits per heavy atom. The van der Waals surface area contributed by atoms with Gasteiger partial charge in [0.15, 0.2) is 5.82 Å². The lowest BCUT2D eigenvalue weighted by Gasteiger charge is -2.30. The first-order valence-electron chi connectivity index (χ1n) is 9.43. The fraction of sp³-hybridized carbons (Fsp3) is 0.550. The van der Waals surface area contributed by atoms with Gasteiger partial charge in [0.25, 0.3) is 0 Å². The minimum absolute atomic E-state index is 0.119. The second-order valence-electron chi connectivity index (χ2n) is 8.71. The van der Waals surface area contributed by atoms with E-state index in [2.05, 4.69) is 48.0 Å². The number of anilines is 1. The second-order valence-corrected chi connectivity index (χ2v) is 8.71. The van der Waals surface area contributed by atoms with Gasteiger partial charge in [0.2, 0.25) is 0 Å². The molecule has 7 nitrogen and oxygen atoms in total. The van der Waals surface area contributed by atoms with Crippen LogP contribution in [0.1, 0.15) is 39.8 Å². The summed E-state index contributed by atoms with van der Waals surface area (Å²) in [6.45, 7) is 11.9. The molecule has 7 heteroatoms. The molecule has 1 saturated heterocycles. The van der Waals surface area contributed by atoms with Gasteiger partial charge >= 0.3 is 0 Å². The van der Waals surface area contributed by atoms with Gasteiger partial charge in [0.05, 0.1) is 18.1 Å². The molecule has 1 aliphatic rings. The Kier molecular flexibility index (Phi) is 5.24. The first-order valence-corrected chi connectivity index (χ1v) is 9.43. The molecule has 1 atom stereocenters. The Labute approximate surface area is 161 Å². The molecule has 0 amide bonds. The molecule has 146 valence electrons. The summed E-state index contributed by atoms with van der Waals surface area (Å²) in [6.07, 6.45) is 8.09. The van der Waals surface area contributed by atoms with Gasteiger partial charge in [0.1, 0.15) is 5.52 Å². The molecule has 3 heterocycles. The summed E-state index contributed by atoms with van der Waals surface area (Å²) in [5.74, 6) is 0.952. The Morgan fingerprint density at radius 3 is 2.89 bits per heavy atom. The molecule has 1 fully saturated rings. The summed E-state index contributed by atoms with van der Waals surface area (Å²) in [4.78, 5) is 11.4. The first kappa shape index (κ1) is 19.4. The van der Waals surface area contributed by atoms with Gasteiger partial charge in [-0.1, -0.05) is 6.92 Å². The molecule has 27 heavy (non-hydrogen) atoms. The van der Waals surface area contributed by atoms with Crippen molar-refractivity contribution < 1.29 is 0 Å². The van der Waals surface area contributed by atoms with E-state index in [4.69, 9.17) is 10.7 Å². The van der Waals surface area contributed by atoms with Gasteiger partial charge in [-0.15, -0.1) is 0 Å². The zero-order valence-electron chi connectivity index (χ0n) is 17.0. The van der Waals surface area contributed by atoms with Crippen molar-refractivity contribution >= 4 is 23.1 Å². The van der Waals surface area contributed by atoms with Crippen molar-refractivity contribution in [1.29, 1.82) is 0 Å². The maximum absolute atomic E-state index is 5.79. The molecule has 2 aromatic heterocycles. The molecule has 0 spiro atoms. The van der Waals surface area contributed by atoms with E-state index in [0.717, 1.165) is 48.7 Å². The van der Waals surface area contributed by atoms with Crippen LogP contribution in [0.5, 0.6) is 0 Å². The van der Waals surface area contributed by atoms with Crippen LogP contribution in [0.25, 0.3) is 11.1 Å². The summed E-state index contributed by atoms with van der Waals surface area (Å²) in [6, 6.07) is 2.01. The van der Waals surface area contributed by atoms with Crippen molar-refractivity contribution in [2.24, 2.45) is 16.1 Å². The number of nitrogens with zero attached hydrogens (tertiary/aromatic N) is 5. The van der Waals surface area contributed by atoms with Crippen molar-refractivity contribution in [1.82, 2.24) is 19.9 Å². The lowest BCUT2D eigenvalue weighted by Crippen LogP contribution is -2.44. The Hall–Kier alpha value is -2.41. The van der Waals surface area contributed by atoms with Gasteiger partial charge in [-0.2, -0.15) is 5.10 Å². The number of nitrogens with two attached hydrogens (primary N) is 1. The predicted molar refractivity (Wildman–Crippen MR) is 112 cm³/mol. The molecule has 0 radical (unpaired) electrons. The predicted octanol–water partition coefficient (Wildman–Crippen LogP) is 2.33. The second kappa shape index (κ2) is 7.31. The van der Waals surface area contributed by atoms with Crippen molar-refractivity contribution in [3.8, 4) is 0 Å². The van der Waals surface area contributed by atoms with E-state index in [9.17, 15) is 0 Å². The monoisotopic (exact) mass is 369 g/mol. The van der Waals surface area contributed by atoms with Crippen LogP contribution >= 0.6 is 0 Å². The molecule has 1 unspecified atom stereocenters. The van der Waals surface area contributed by atoms with Crippen molar-refractivity contribution in [3.63, 3.8) is 0 Å². The van der Waals surface area contributed by atoms with Crippen LogP contribution in [0.15, 0.2) is 29.7 Å². The Morgan fingerprint density at radius 2 is 2.22 bits per heavy atom. The van der Waals surface area contributed by atoms with Crippen molar-refractivity contribution in [2.75, 3.05) is 31.6 Å². The molecular formula is C20H31N7. The number of allylic oxidation sites excluding steroid dienone is 1. The van der Waals surface area contributed by atoms with E-state index >= 15 is 0 Å².